The molecule has 0 aromatic carbocycles. The Morgan fingerprint density at radius 2 is 2.33 bits per heavy atom. The minimum Gasteiger partial charge on any atom is -0.388 e. The molecule has 1 aromatic rings. The topological polar surface area (TPSA) is 73.1 Å². The van der Waals surface area contributed by atoms with Gasteiger partial charge in [-0.25, -0.2) is 9.97 Å². The number of hydrogen-bond acceptors (Lipinski definition) is 5. The van der Waals surface area contributed by atoms with Crippen molar-refractivity contribution in [3.63, 3.8) is 0 Å². The second kappa shape index (κ2) is 6.61. The largest absolute Gasteiger partial charge is 0.388 e. The van der Waals surface area contributed by atoms with Gasteiger partial charge in [0.2, 0.25) is 0 Å². The Bertz CT molecular complexity index is 390. The van der Waals surface area contributed by atoms with Gasteiger partial charge in [0.05, 0.1) is 18.5 Å². The van der Waals surface area contributed by atoms with E-state index in [1.807, 2.05) is 0 Å². The molecule has 3 N–H and O–H groups in total. The van der Waals surface area contributed by atoms with E-state index >= 15 is 0 Å². The van der Waals surface area contributed by atoms with Crippen LogP contribution in [0, 0.1) is 0 Å². The molecular weight excluding hydrogens is 248 g/mol. The predicted molar refractivity (Wildman–Crippen MR) is 74.6 cm³/mol. The number of aromatic nitrogens is 2. The lowest BCUT2D eigenvalue weighted by molar-refractivity contribution is 0.0134. The van der Waals surface area contributed by atoms with Crippen LogP contribution in [0.2, 0.25) is 0 Å². The first kappa shape index (κ1) is 13.2. The summed E-state index contributed by atoms with van der Waals surface area (Å²) in [7, 11) is 0. The molecule has 1 aliphatic heterocycles. The molecule has 0 bridgehead atoms. The molecule has 1 atom stereocenters. The maximum atomic E-state index is 5.66. The zero-order valence-corrected chi connectivity index (χ0v) is 11.1. The van der Waals surface area contributed by atoms with Gasteiger partial charge < -0.3 is 15.8 Å². The normalized spacial score (nSPS) is 19.4. The minimum atomic E-state index is 0.268. The lowest BCUT2D eigenvalue weighted by Crippen LogP contribution is -2.22. The zero-order valence-electron chi connectivity index (χ0n) is 10.3. The highest BCUT2D eigenvalue weighted by Crippen LogP contribution is 2.15. The summed E-state index contributed by atoms with van der Waals surface area (Å²) in [5.41, 5.74) is 6.00. The zero-order chi connectivity index (χ0) is 12.8. The standard InChI is InChI=1S/C12H18N4OS/c13-12(18)10-7-16-11(8-15-10)14-5-4-9-3-1-2-6-17-9/h7-9H,1-6H2,(H2,13,18)(H,14,16). The molecule has 18 heavy (non-hydrogen) atoms. The summed E-state index contributed by atoms with van der Waals surface area (Å²) in [5.74, 6) is 0.741. The van der Waals surface area contributed by atoms with Crippen LogP contribution in [0.25, 0.3) is 0 Å². The van der Waals surface area contributed by atoms with Crippen LogP contribution in [-0.2, 0) is 4.74 Å². The van der Waals surface area contributed by atoms with Gasteiger partial charge in [-0.05, 0) is 25.7 Å². The number of hydrogen-bond donors (Lipinski definition) is 2. The molecule has 98 valence electrons. The summed E-state index contributed by atoms with van der Waals surface area (Å²) < 4.78 is 5.66. The van der Waals surface area contributed by atoms with Crippen LogP contribution < -0.4 is 11.1 Å². The van der Waals surface area contributed by atoms with E-state index < -0.39 is 0 Å². The number of nitrogens with two attached hydrogens (primary N) is 1. The highest BCUT2D eigenvalue weighted by atomic mass is 32.1. The average molecular weight is 266 g/mol. The summed E-state index contributed by atoms with van der Waals surface area (Å²) in [4.78, 5) is 8.59. The molecule has 1 fully saturated rings. The molecule has 0 radical (unpaired) electrons. The van der Waals surface area contributed by atoms with Gasteiger partial charge >= 0.3 is 0 Å². The number of rotatable bonds is 5. The third kappa shape index (κ3) is 3.89. The van der Waals surface area contributed by atoms with E-state index in [2.05, 4.69) is 15.3 Å². The number of nitrogens with one attached hydrogen (secondary N) is 1. The first-order valence-corrected chi connectivity index (χ1v) is 6.64. The van der Waals surface area contributed by atoms with Gasteiger partial charge in [-0.15, -0.1) is 0 Å². The van der Waals surface area contributed by atoms with E-state index in [9.17, 15) is 0 Å². The van der Waals surface area contributed by atoms with Crippen molar-refractivity contribution in [1.82, 2.24) is 9.97 Å². The highest BCUT2D eigenvalue weighted by Gasteiger charge is 2.13. The van der Waals surface area contributed by atoms with Gasteiger partial charge in [-0.2, -0.15) is 0 Å². The molecule has 0 amide bonds. The molecule has 0 aliphatic carbocycles. The molecule has 0 saturated carbocycles. The summed E-state index contributed by atoms with van der Waals surface area (Å²) >= 11 is 4.82. The van der Waals surface area contributed by atoms with Crippen molar-refractivity contribution in [2.24, 2.45) is 5.73 Å². The molecule has 0 spiro atoms. The Kier molecular flexibility index (Phi) is 4.83. The smallest absolute Gasteiger partial charge is 0.144 e. The van der Waals surface area contributed by atoms with Crippen LogP contribution in [0.4, 0.5) is 5.82 Å². The fourth-order valence-electron chi connectivity index (χ4n) is 1.94. The van der Waals surface area contributed by atoms with Crippen LogP contribution in [0.1, 0.15) is 31.4 Å². The quantitative estimate of drug-likeness (QED) is 0.787. The average Bonchev–Trinajstić information content (AvgIpc) is 2.40. The number of anilines is 1. The van der Waals surface area contributed by atoms with Crippen molar-refractivity contribution in [2.75, 3.05) is 18.5 Å². The van der Waals surface area contributed by atoms with Gasteiger partial charge in [0.25, 0.3) is 0 Å². The number of thiocarbonyl (C=S) groups is 1. The van der Waals surface area contributed by atoms with Crippen LogP contribution >= 0.6 is 12.2 Å². The van der Waals surface area contributed by atoms with Crippen molar-refractivity contribution >= 4 is 23.0 Å². The summed E-state index contributed by atoms with van der Waals surface area (Å²) in [6.45, 7) is 1.73. The molecule has 1 aliphatic rings. The molecule has 6 heteroatoms. The van der Waals surface area contributed by atoms with Gasteiger partial charge in [0.1, 0.15) is 16.5 Å². The third-order valence-electron chi connectivity index (χ3n) is 2.95. The predicted octanol–water partition coefficient (Wildman–Crippen LogP) is 1.48. The molecule has 5 nitrogen and oxygen atoms in total. The SMILES string of the molecule is NC(=S)c1cnc(NCCC2CCCCO2)cn1. The summed E-state index contributed by atoms with van der Waals surface area (Å²) in [6, 6.07) is 0. The van der Waals surface area contributed by atoms with E-state index in [4.69, 9.17) is 22.7 Å². The van der Waals surface area contributed by atoms with E-state index in [0.29, 0.717) is 11.8 Å². The van der Waals surface area contributed by atoms with Crippen LogP contribution in [-0.4, -0.2) is 34.2 Å². The Morgan fingerprint density at radius 1 is 1.44 bits per heavy atom. The molecule has 1 aromatic heterocycles. The van der Waals surface area contributed by atoms with Gasteiger partial charge in [-0.1, -0.05) is 12.2 Å². The van der Waals surface area contributed by atoms with E-state index in [1.54, 1.807) is 12.4 Å². The van der Waals surface area contributed by atoms with Gasteiger partial charge in [0, 0.05) is 13.2 Å². The maximum absolute atomic E-state index is 5.66. The van der Waals surface area contributed by atoms with Crippen LogP contribution in [0.5, 0.6) is 0 Å². The van der Waals surface area contributed by atoms with Gasteiger partial charge in [-0.3, -0.25) is 0 Å². The third-order valence-corrected chi connectivity index (χ3v) is 3.16. The highest BCUT2D eigenvalue weighted by molar-refractivity contribution is 7.80. The lowest BCUT2D eigenvalue weighted by atomic mass is 10.1. The summed E-state index contributed by atoms with van der Waals surface area (Å²) in [5, 5.41) is 3.22. The second-order valence-electron chi connectivity index (χ2n) is 4.36. The van der Waals surface area contributed by atoms with Crippen molar-refractivity contribution in [1.29, 1.82) is 0 Å². The maximum Gasteiger partial charge on any atom is 0.144 e. The monoisotopic (exact) mass is 266 g/mol. The summed E-state index contributed by atoms with van der Waals surface area (Å²) in [6.07, 6.45) is 8.24. The van der Waals surface area contributed by atoms with Gasteiger partial charge in [0.15, 0.2) is 0 Å². The van der Waals surface area contributed by atoms with E-state index in [0.717, 1.165) is 31.8 Å². The minimum absolute atomic E-state index is 0.268. The Morgan fingerprint density at radius 3 is 2.94 bits per heavy atom. The lowest BCUT2D eigenvalue weighted by Gasteiger charge is -2.22. The first-order chi connectivity index (χ1) is 8.75. The van der Waals surface area contributed by atoms with Crippen LogP contribution in [0.3, 0.4) is 0 Å². The molecule has 1 unspecified atom stereocenters. The Hall–Kier alpha value is -1.27. The molecule has 2 rings (SSSR count). The van der Waals surface area contributed by atoms with Crippen LogP contribution in [0.15, 0.2) is 12.4 Å². The van der Waals surface area contributed by atoms with Crippen molar-refractivity contribution < 1.29 is 4.74 Å². The fraction of sp³-hybridized carbons (Fsp3) is 0.583. The fourth-order valence-corrected chi connectivity index (χ4v) is 2.05. The van der Waals surface area contributed by atoms with Crippen molar-refractivity contribution in [3.05, 3.63) is 18.1 Å². The molecule has 2 heterocycles. The number of ether oxygens (including phenoxy) is 1. The second-order valence-corrected chi connectivity index (χ2v) is 4.79. The first-order valence-electron chi connectivity index (χ1n) is 6.23. The van der Waals surface area contributed by atoms with E-state index in [1.165, 1.54) is 12.8 Å². The van der Waals surface area contributed by atoms with Crippen molar-refractivity contribution in [2.45, 2.75) is 31.8 Å². The Balaban J connectivity index is 1.74. The van der Waals surface area contributed by atoms with E-state index in [-0.39, 0.29) is 4.99 Å². The van der Waals surface area contributed by atoms with Crippen molar-refractivity contribution in [3.8, 4) is 0 Å². The number of nitrogens with zero attached hydrogens (tertiary/aromatic N) is 2. The Labute approximate surface area is 112 Å². The molecular formula is C12H18N4OS. The molecule has 1 saturated heterocycles.